The number of halogens is 1. The van der Waals surface area contributed by atoms with Gasteiger partial charge in [0.05, 0.1) is 11.7 Å². The molecule has 0 saturated carbocycles. The van der Waals surface area contributed by atoms with Crippen LogP contribution in [0, 0.1) is 5.82 Å². The largest absolute Gasteiger partial charge is 0.447 e. The summed E-state index contributed by atoms with van der Waals surface area (Å²) < 4.78 is 25.3. The number of ether oxygens (including phenoxy) is 1. The number of benzene rings is 2. The lowest BCUT2D eigenvalue weighted by atomic mass is 9.97. The minimum Gasteiger partial charge on any atom is -0.447 e. The molecule has 2 amide bonds. The van der Waals surface area contributed by atoms with Crippen molar-refractivity contribution in [2.24, 2.45) is 5.73 Å². The van der Waals surface area contributed by atoms with Gasteiger partial charge in [0.15, 0.2) is 11.5 Å². The van der Waals surface area contributed by atoms with Crippen LogP contribution in [-0.4, -0.2) is 41.1 Å². The second-order valence-corrected chi connectivity index (χ2v) is 7.99. The summed E-state index contributed by atoms with van der Waals surface area (Å²) >= 11 is 0. The number of carbonyl (C=O) groups excluding carboxylic acids is 2. The van der Waals surface area contributed by atoms with Crippen LogP contribution in [0.2, 0.25) is 0 Å². The van der Waals surface area contributed by atoms with Crippen molar-refractivity contribution < 1.29 is 23.1 Å². The van der Waals surface area contributed by atoms with Crippen LogP contribution in [0.5, 0.6) is 0 Å². The molecule has 8 heteroatoms. The maximum absolute atomic E-state index is 14.1. The number of hydrogen-bond acceptors (Lipinski definition) is 5. The van der Waals surface area contributed by atoms with Gasteiger partial charge in [-0.2, -0.15) is 0 Å². The van der Waals surface area contributed by atoms with E-state index >= 15 is 0 Å². The third-order valence-corrected chi connectivity index (χ3v) is 5.41. The Morgan fingerprint density at radius 2 is 1.84 bits per heavy atom. The molecule has 1 fully saturated rings. The molecule has 0 atom stereocenters. The summed E-state index contributed by atoms with van der Waals surface area (Å²) in [5.74, 6) is -0.705. The van der Waals surface area contributed by atoms with Crippen LogP contribution in [0.3, 0.4) is 0 Å². The number of aromatic nitrogens is 1. The maximum Gasteiger partial charge on any atom is 0.410 e. The lowest BCUT2D eigenvalue weighted by Gasteiger charge is -2.30. The molecule has 1 aromatic heterocycles. The summed E-state index contributed by atoms with van der Waals surface area (Å²) in [5, 5.41) is 0. The van der Waals surface area contributed by atoms with E-state index in [0.29, 0.717) is 35.6 Å². The number of nitrogens with two attached hydrogens (primary N) is 1. The first-order valence-corrected chi connectivity index (χ1v) is 10.3. The average molecular weight is 425 g/mol. The highest BCUT2D eigenvalue weighted by Crippen LogP contribution is 2.32. The third kappa shape index (κ3) is 4.38. The summed E-state index contributed by atoms with van der Waals surface area (Å²) in [6.45, 7) is 4.84. The maximum atomic E-state index is 14.1. The zero-order chi connectivity index (χ0) is 22.1. The Morgan fingerprint density at radius 3 is 2.48 bits per heavy atom. The van der Waals surface area contributed by atoms with Gasteiger partial charge in [-0.15, -0.1) is 0 Å². The lowest BCUT2D eigenvalue weighted by molar-refractivity contribution is 0.0681. The molecule has 1 aliphatic heterocycles. The molecule has 0 spiro atoms. The predicted octanol–water partition coefficient (Wildman–Crippen LogP) is 4.46. The smallest absolute Gasteiger partial charge is 0.410 e. The summed E-state index contributed by atoms with van der Waals surface area (Å²) in [5.41, 5.74) is 7.72. The second kappa shape index (κ2) is 8.37. The number of amides is 2. The molecule has 1 saturated heterocycles. The Hall–Kier alpha value is -3.42. The van der Waals surface area contributed by atoms with Crippen LogP contribution in [0.15, 0.2) is 40.8 Å². The van der Waals surface area contributed by atoms with E-state index in [1.807, 2.05) is 26.0 Å². The van der Waals surface area contributed by atoms with Crippen LogP contribution in [0.25, 0.3) is 22.2 Å². The van der Waals surface area contributed by atoms with E-state index in [9.17, 15) is 14.0 Å². The molecule has 4 rings (SSSR count). The molecule has 7 nitrogen and oxygen atoms in total. The highest BCUT2D eigenvalue weighted by atomic mass is 19.1. The van der Waals surface area contributed by atoms with Crippen molar-refractivity contribution in [3.8, 4) is 11.1 Å². The summed E-state index contributed by atoms with van der Waals surface area (Å²) in [6, 6.07) is 9.77. The van der Waals surface area contributed by atoms with Crippen LogP contribution in [-0.2, 0) is 4.74 Å². The number of primary amides is 1. The Balaban J connectivity index is 1.50. The molecule has 31 heavy (non-hydrogen) atoms. The zero-order valence-corrected chi connectivity index (χ0v) is 17.4. The van der Waals surface area contributed by atoms with Gasteiger partial charge in [0.25, 0.3) is 5.91 Å². The number of piperidine rings is 1. The summed E-state index contributed by atoms with van der Waals surface area (Å²) in [6.07, 6.45) is 1.06. The van der Waals surface area contributed by atoms with Crippen LogP contribution in [0.1, 0.15) is 48.9 Å². The number of rotatable bonds is 4. The van der Waals surface area contributed by atoms with Gasteiger partial charge in [-0.05, 0) is 62.1 Å². The molecule has 3 aromatic rings. The molecule has 2 aromatic carbocycles. The minimum atomic E-state index is -0.802. The molecule has 0 bridgehead atoms. The van der Waals surface area contributed by atoms with E-state index in [1.165, 1.54) is 12.1 Å². The first-order valence-electron chi connectivity index (χ1n) is 10.3. The predicted molar refractivity (Wildman–Crippen MR) is 113 cm³/mol. The average Bonchev–Trinajstić information content (AvgIpc) is 3.16. The number of likely N-dealkylation sites (tertiary alicyclic amines) is 1. The van der Waals surface area contributed by atoms with E-state index < -0.39 is 11.7 Å². The topological polar surface area (TPSA) is 98.7 Å². The SMILES string of the molecule is CC(C)OC(=O)N1CCC(c2nc3cc(-c4ccc(C(N)=O)c(F)c4)ccc3o2)CC1. The Morgan fingerprint density at radius 1 is 1.16 bits per heavy atom. The van der Waals surface area contributed by atoms with Gasteiger partial charge in [0.1, 0.15) is 11.3 Å². The van der Waals surface area contributed by atoms with Crippen molar-refractivity contribution in [3.05, 3.63) is 53.7 Å². The molecule has 0 aliphatic carbocycles. The fourth-order valence-electron chi connectivity index (χ4n) is 3.78. The van der Waals surface area contributed by atoms with Gasteiger partial charge in [-0.25, -0.2) is 14.2 Å². The van der Waals surface area contributed by atoms with Crippen molar-refractivity contribution in [1.29, 1.82) is 0 Å². The third-order valence-electron chi connectivity index (χ3n) is 5.41. The van der Waals surface area contributed by atoms with Crippen molar-refractivity contribution in [1.82, 2.24) is 9.88 Å². The first-order chi connectivity index (χ1) is 14.8. The van der Waals surface area contributed by atoms with Gasteiger partial charge < -0.3 is 19.8 Å². The molecule has 162 valence electrons. The van der Waals surface area contributed by atoms with Crippen LogP contribution < -0.4 is 5.73 Å². The second-order valence-electron chi connectivity index (χ2n) is 7.99. The standard InChI is InChI=1S/C23H24FN3O4/c1-13(2)30-23(29)27-9-7-14(8-10-27)22-26-19-12-16(4-6-20(19)31-22)15-3-5-17(21(25)28)18(24)11-15/h3-6,11-14H,7-10H2,1-2H3,(H2,25,28). The number of carbonyl (C=O) groups is 2. The number of oxazole rings is 1. The summed E-state index contributed by atoms with van der Waals surface area (Å²) in [7, 11) is 0. The van der Waals surface area contributed by atoms with Crippen LogP contribution >= 0.6 is 0 Å². The lowest BCUT2D eigenvalue weighted by Crippen LogP contribution is -2.39. The molecular weight excluding hydrogens is 401 g/mol. The quantitative estimate of drug-likeness (QED) is 0.666. The van der Waals surface area contributed by atoms with Gasteiger partial charge in [-0.1, -0.05) is 12.1 Å². The molecule has 1 aliphatic rings. The summed E-state index contributed by atoms with van der Waals surface area (Å²) in [4.78, 5) is 29.6. The highest BCUT2D eigenvalue weighted by molar-refractivity contribution is 5.93. The van der Waals surface area contributed by atoms with E-state index in [4.69, 9.17) is 14.9 Å². The minimum absolute atomic E-state index is 0.117. The van der Waals surface area contributed by atoms with Crippen molar-refractivity contribution in [2.75, 3.05) is 13.1 Å². The monoisotopic (exact) mass is 425 g/mol. The Bertz CT molecular complexity index is 1130. The van der Waals surface area contributed by atoms with Gasteiger partial charge in [0, 0.05) is 19.0 Å². The van der Waals surface area contributed by atoms with Crippen LogP contribution in [0.4, 0.5) is 9.18 Å². The fraction of sp³-hybridized carbons (Fsp3) is 0.348. The molecule has 2 heterocycles. The van der Waals surface area contributed by atoms with E-state index in [2.05, 4.69) is 4.98 Å². The number of fused-ring (bicyclic) bond motifs is 1. The molecule has 2 N–H and O–H groups in total. The van der Waals surface area contributed by atoms with E-state index in [1.54, 1.807) is 17.0 Å². The van der Waals surface area contributed by atoms with Gasteiger partial charge in [-0.3, -0.25) is 4.79 Å². The first kappa shape index (κ1) is 20.8. The van der Waals surface area contributed by atoms with Gasteiger partial charge >= 0.3 is 6.09 Å². The normalized spacial score (nSPS) is 14.9. The molecule has 0 unspecified atom stereocenters. The zero-order valence-electron chi connectivity index (χ0n) is 17.4. The van der Waals surface area contributed by atoms with Crippen molar-refractivity contribution in [3.63, 3.8) is 0 Å². The molecule has 0 radical (unpaired) electrons. The van der Waals surface area contributed by atoms with Gasteiger partial charge in [0.2, 0.25) is 0 Å². The fourth-order valence-corrected chi connectivity index (χ4v) is 3.78. The van der Waals surface area contributed by atoms with Crippen molar-refractivity contribution in [2.45, 2.75) is 38.7 Å². The van der Waals surface area contributed by atoms with Crippen molar-refractivity contribution >= 4 is 23.1 Å². The van der Waals surface area contributed by atoms with E-state index in [-0.39, 0.29) is 23.7 Å². The Kier molecular flexibility index (Phi) is 5.63. The number of nitrogens with zero attached hydrogens (tertiary/aromatic N) is 2. The molecular formula is C23H24FN3O4. The van der Waals surface area contributed by atoms with E-state index in [0.717, 1.165) is 18.4 Å². The highest BCUT2D eigenvalue weighted by Gasteiger charge is 2.28. The Labute approximate surface area is 179 Å². The number of hydrogen-bond donors (Lipinski definition) is 1.